The molecule has 124 valence electrons. The number of halogens is 1. The van der Waals surface area contributed by atoms with Gasteiger partial charge in [0.2, 0.25) is 0 Å². The molecule has 2 heterocycles. The van der Waals surface area contributed by atoms with Crippen LogP contribution in [-0.2, 0) is 6.54 Å². The number of aryl methyl sites for hydroxylation is 1. The van der Waals surface area contributed by atoms with Gasteiger partial charge in [-0.2, -0.15) is 5.10 Å². The molecule has 4 nitrogen and oxygen atoms in total. The van der Waals surface area contributed by atoms with Crippen LogP contribution in [0.25, 0.3) is 5.69 Å². The lowest BCUT2D eigenvalue weighted by molar-refractivity contribution is 0.292. The summed E-state index contributed by atoms with van der Waals surface area (Å²) in [5.74, 6) is 1.51. The van der Waals surface area contributed by atoms with Crippen LogP contribution in [0.15, 0.2) is 36.5 Å². The van der Waals surface area contributed by atoms with E-state index in [2.05, 4.69) is 51.9 Å². The molecular weight excluding hydrogens is 308 g/mol. The molecule has 0 spiro atoms. The molecule has 2 fully saturated rings. The zero-order valence-electron chi connectivity index (χ0n) is 13.6. The van der Waals surface area contributed by atoms with Crippen molar-refractivity contribution in [1.29, 1.82) is 0 Å². The topological polar surface area (TPSA) is 47.1 Å². The lowest BCUT2D eigenvalue weighted by atomic mass is 9.98. The molecular formula is C18H25ClN4. The molecule has 23 heavy (non-hydrogen) atoms. The van der Waals surface area contributed by atoms with Gasteiger partial charge in [-0.05, 0) is 49.3 Å². The van der Waals surface area contributed by atoms with Gasteiger partial charge in [0.15, 0.2) is 0 Å². The first kappa shape index (κ1) is 16.5. The Bertz CT molecular complexity index is 669. The second-order valence-electron chi connectivity index (χ2n) is 6.88. The van der Waals surface area contributed by atoms with E-state index in [-0.39, 0.29) is 12.4 Å². The van der Waals surface area contributed by atoms with Gasteiger partial charge in [-0.1, -0.05) is 18.2 Å². The third-order valence-electron chi connectivity index (χ3n) is 5.44. The number of fused-ring (bicyclic) bond motifs is 1. The summed E-state index contributed by atoms with van der Waals surface area (Å²) in [4.78, 5) is 2.56. The van der Waals surface area contributed by atoms with E-state index in [0.717, 1.165) is 19.0 Å². The Hall–Kier alpha value is -1.36. The van der Waals surface area contributed by atoms with Crippen molar-refractivity contribution < 1.29 is 0 Å². The van der Waals surface area contributed by atoms with Crippen LogP contribution in [0.1, 0.15) is 24.1 Å². The highest BCUT2D eigenvalue weighted by Gasteiger charge is 2.40. The Labute approximate surface area is 144 Å². The summed E-state index contributed by atoms with van der Waals surface area (Å²) < 4.78 is 2.09. The molecule has 2 N–H and O–H groups in total. The quantitative estimate of drug-likeness (QED) is 0.940. The summed E-state index contributed by atoms with van der Waals surface area (Å²) in [5, 5.41) is 4.54. The highest BCUT2D eigenvalue weighted by molar-refractivity contribution is 5.85. The average molecular weight is 333 g/mol. The van der Waals surface area contributed by atoms with E-state index in [4.69, 9.17) is 5.73 Å². The van der Waals surface area contributed by atoms with Gasteiger partial charge in [-0.25, -0.2) is 4.68 Å². The van der Waals surface area contributed by atoms with Gasteiger partial charge in [0.25, 0.3) is 0 Å². The summed E-state index contributed by atoms with van der Waals surface area (Å²) >= 11 is 0. The first-order valence-corrected chi connectivity index (χ1v) is 8.29. The fraction of sp³-hybridized carbons (Fsp3) is 0.500. The van der Waals surface area contributed by atoms with Gasteiger partial charge in [0.1, 0.15) is 0 Å². The van der Waals surface area contributed by atoms with Gasteiger partial charge in [-0.3, -0.25) is 4.90 Å². The van der Waals surface area contributed by atoms with Crippen molar-refractivity contribution >= 4 is 12.4 Å². The third-order valence-corrected chi connectivity index (χ3v) is 5.44. The number of benzene rings is 1. The monoisotopic (exact) mass is 332 g/mol. The van der Waals surface area contributed by atoms with Crippen LogP contribution in [0, 0.1) is 18.8 Å². The molecule has 2 aliphatic rings. The minimum absolute atomic E-state index is 0. The van der Waals surface area contributed by atoms with Crippen molar-refractivity contribution in [3.63, 3.8) is 0 Å². The Morgan fingerprint density at radius 3 is 2.78 bits per heavy atom. The van der Waals surface area contributed by atoms with E-state index in [1.807, 2.05) is 6.20 Å². The molecule has 1 aromatic heterocycles. The zero-order valence-corrected chi connectivity index (χ0v) is 14.4. The number of aromatic nitrogens is 2. The number of rotatable bonds is 3. The van der Waals surface area contributed by atoms with E-state index in [1.165, 1.54) is 36.3 Å². The molecule has 4 rings (SSSR count). The van der Waals surface area contributed by atoms with Gasteiger partial charge in [-0.15, -0.1) is 12.4 Å². The maximum atomic E-state index is 6.25. The fourth-order valence-electron chi connectivity index (χ4n) is 4.23. The molecule has 1 aliphatic carbocycles. The van der Waals surface area contributed by atoms with Crippen LogP contribution in [-0.4, -0.2) is 33.8 Å². The van der Waals surface area contributed by atoms with Crippen LogP contribution >= 0.6 is 12.4 Å². The predicted molar refractivity (Wildman–Crippen MR) is 95.0 cm³/mol. The fourth-order valence-corrected chi connectivity index (χ4v) is 4.23. The largest absolute Gasteiger partial charge is 0.327 e. The number of likely N-dealkylation sites (tertiary alicyclic amines) is 1. The van der Waals surface area contributed by atoms with Gasteiger partial charge < -0.3 is 5.73 Å². The van der Waals surface area contributed by atoms with E-state index in [1.54, 1.807) is 0 Å². The first-order valence-electron chi connectivity index (χ1n) is 8.29. The molecule has 1 aliphatic heterocycles. The molecule has 1 aromatic carbocycles. The first-order chi connectivity index (χ1) is 10.7. The lowest BCUT2D eigenvalue weighted by Gasteiger charge is -2.19. The number of hydrogen-bond donors (Lipinski definition) is 1. The smallest absolute Gasteiger partial charge is 0.0678 e. The van der Waals surface area contributed by atoms with Gasteiger partial charge >= 0.3 is 0 Å². The minimum atomic E-state index is 0. The van der Waals surface area contributed by atoms with Crippen LogP contribution in [0.3, 0.4) is 0 Å². The van der Waals surface area contributed by atoms with Crippen molar-refractivity contribution in [2.75, 3.05) is 13.1 Å². The summed E-state index contributed by atoms with van der Waals surface area (Å²) in [7, 11) is 0. The minimum Gasteiger partial charge on any atom is -0.327 e. The van der Waals surface area contributed by atoms with Crippen LogP contribution < -0.4 is 5.73 Å². The maximum absolute atomic E-state index is 6.25. The Morgan fingerprint density at radius 1 is 1.17 bits per heavy atom. The second kappa shape index (κ2) is 6.63. The second-order valence-corrected chi connectivity index (χ2v) is 6.88. The Balaban J connectivity index is 0.00000156. The predicted octanol–water partition coefficient (Wildman–Crippen LogP) is 2.77. The molecule has 2 aromatic rings. The Morgan fingerprint density at radius 2 is 2.00 bits per heavy atom. The summed E-state index contributed by atoms with van der Waals surface area (Å²) in [6.07, 6.45) is 4.42. The van der Waals surface area contributed by atoms with E-state index < -0.39 is 0 Å². The molecule has 5 heteroatoms. The van der Waals surface area contributed by atoms with Crippen LogP contribution in [0.5, 0.6) is 0 Å². The van der Waals surface area contributed by atoms with Crippen LogP contribution in [0.2, 0.25) is 0 Å². The maximum Gasteiger partial charge on any atom is 0.0678 e. The Kier molecular flexibility index (Phi) is 4.76. The van der Waals surface area contributed by atoms with Gasteiger partial charge in [0.05, 0.1) is 11.4 Å². The van der Waals surface area contributed by atoms with Crippen molar-refractivity contribution in [1.82, 2.24) is 14.7 Å². The number of nitrogens with zero attached hydrogens (tertiary/aromatic N) is 3. The van der Waals surface area contributed by atoms with Crippen molar-refractivity contribution in [3.05, 3.63) is 47.8 Å². The SMILES string of the molecule is Cc1ccccc1-n1nccc1CN1CC2CCC(N)C2C1.Cl. The molecule has 0 amide bonds. The van der Waals surface area contributed by atoms with Crippen LogP contribution in [0.4, 0.5) is 0 Å². The van der Waals surface area contributed by atoms with Crippen molar-refractivity contribution in [3.8, 4) is 5.69 Å². The van der Waals surface area contributed by atoms with E-state index in [0.29, 0.717) is 12.0 Å². The number of nitrogens with two attached hydrogens (primary N) is 1. The molecule has 1 saturated carbocycles. The van der Waals surface area contributed by atoms with Crippen molar-refractivity contribution in [2.24, 2.45) is 17.6 Å². The lowest BCUT2D eigenvalue weighted by Crippen LogP contribution is -2.30. The summed E-state index contributed by atoms with van der Waals surface area (Å²) in [5.41, 5.74) is 9.96. The average Bonchev–Trinajstić information content (AvgIpc) is 3.19. The highest BCUT2D eigenvalue weighted by atomic mass is 35.5. The normalized spacial score (nSPS) is 27.0. The molecule has 0 bridgehead atoms. The zero-order chi connectivity index (χ0) is 15.1. The molecule has 3 unspecified atom stereocenters. The molecule has 3 atom stereocenters. The highest BCUT2D eigenvalue weighted by Crippen LogP contribution is 2.37. The number of para-hydroxylation sites is 1. The summed E-state index contributed by atoms with van der Waals surface area (Å²) in [6, 6.07) is 11.0. The van der Waals surface area contributed by atoms with E-state index >= 15 is 0 Å². The number of hydrogen-bond acceptors (Lipinski definition) is 3. The van der Waals surface area contributed by atoms with E-state index in [9.17, 15) is 0 Å². The summed E-state index contributed by atoms with van der Waals surface area (Å²) in [6.45, 7) is 5.44. The van der Waals surface area contributed by atoms with Gasteiger partial charge in [0, 0.05) is 31.9 Å². The van der Waals surface area contributed by atoms with Crippen molar-refractivity contribution in [2.45, 2.75) is 32.4 Å². The molecule has 0 radical (unpaired) electrons. The standard InChI is InChI=1S/C18H24N4.ClH/c1-13-4-2-3-5-18(13)22-15(8-9-20-22)11-21-10-14-6-7-17(19)16(14)12-21;/h2-5,8-9,14,16-17H,6-7,10-12,19H2,1H3;1H. The molecule has 1 saturated heterocycles. The third kappa shape index (κ3) is 3.03.